The molecule has 2 aromatic rings. The van der Waals surface area contributed by atoms with Gasteiger partial charge < -0.3 is 5.32 Å². The fraction of sp³-hybridized carbons (Fsp3) is 0.500. The van der Waals surface area contributed by atoms with Gasteiger partial charge in [0, 0.05) is 17.3 Å². The van der Waals surface area contributed by atoms with Crippen molar-refractivity contribution in [1.82, 2.24) is 20.6 Å². The second-order valence-electron chi connectivity index (χ2n) is 5.24. The van der Waals surface area contributed by atoms with Crippen LogP contribution in [-0.2, 0) is 0 Å². The van der Waals surface area contributed by atoms with Crippen molar-refractivity contribution in [3.05, 3.63) is 24.3 Å². The number of benzene rings is 1. The highest BCUT2D eigenvalue weighted by Gasteiger charge is 2.23. The molecule has 0 aliphatic heterocycles. The van der Waals surface area contributed by atoms with Crippen LogP contribution in [0.5, 0.6) is 0 Å². The van der Waals surface area contributed by atoms with Crippen LogP contribution in [-0.4, -0.2) is 26.7 Å². The summed E-state index contributed by atoms with van der Waals surface area (Å²) in [5.74, 6) is 1.53. The van der Waals surface area contributed by atoms with Gasteiger partial charge in [-0.25, -0.2) is 0 Å². The van der Waals surface area contributed by atoms with Crippen molar-refractivity contribution in [3.8, 4) is 11.4 Å². The molecule has 5 nitrogen and oxygen atoms in total. The predicted molar refractivity (Wildman–Crippen MR) is 74.7 cm³/mol. The number of H-pyrrole nitrogens is 1. The summed E-state index contributed by atoms with van der Waals surface area (Å²) in [5.41, 5.74) is 2.13. The second-order valence-corrected chi connectivity index (χ2v) is 5.24. The molecule has 2 atom stereocenters. The molecule has 5 heteroatoms. The number of aromatic nitrogens is 4. The van der Waals surface area contributed by atoms with Crippen LogP contribution < -0.4 is 5.32 Å². The molecule has 1 heterocycles. The first-order valence-electron chi connectivity index (χ1n) is 6.95. The highest BCUT2D eigenvalue weighted by atomic mass is 15.5. The maximum absolute atomic E-state index is 4.01. The molecule has 0 saturated heterocycles. The smallest absolute Gasteiger partial charge is 0.204 e. The molecule has 2 unspecified atom stereocenters. The molecular weight excluding hydrogens is 238 g/mol. The summed E-state index contributed by atoms with van der Waals surface area (Å²) < 4.78 is 0. The van der Waals surface area contributed by atoms with Crippen molar-refractivity contribution >= 4 is 5.69 Å². The molecule has 100 valence electrons. The molecule has 0 radical (unpaired) electrons. The van der Waals surface area contributed by atoms with Crippen LogP contribution in [0.2, 0.25) is 0 Å². The minimum absolute atomic E-state index is 0.602. The predicted octanol–water partition coefficient (Wildman–Crippen LogP) is 2.86. The standard InChI is InChI=1S/C14H19N5/c1-2-10-6-7-13(8-10)15-12-5-3-4-11(9-12)14-16-18-19-17-14/h3-5,9-10,13,15H,2,6-8H2,1H3,(H,16,17,18,19). The molecule has 19 heavy (non-hydrogen) atoms. The number of nitrogens with one attached hydrogen (secondary N) is 2. The van der Waals surface area contributed by atoms with E-state index in [1.54, 1.807) is 0 Å². The van der Waals surface area contributed by atoms with Gasteiger partial charge in [-0.05, 0) is 42.5 Å². The van der Waals surface area contributed by atoms with Crippen molar-refractivity contribution in [1.29, 1.82) is 0 Å². The summed E-state index contributed by atoms with van der Waals surface area (Å²) in [4.78, 5) is 0. The first-order chi connectivity index (χ1) is 9.35. The van der Waals surface area contributed by atoms with Crippen LogP contribution in [0.3, 0.4) is 0 Å². The van der Waals surface area contributed by atoms with Crippen LogP contribution in [0.15, 0.2) is 24.3 Å². The SMILES string of the molecule is CCC1CCC(Nc2cccc(-c3nn[nH]n3)c2)C1. The van der Waals surface area contributed by atoms with E-state index in [9.17, 15) is 0 Å². The fourth-order valence-electron chi connectivity index (χ4n) is 2.84. The van der Waals surface area contributed by atoms with Crippen molar-refractivity contribution < 1.29 is 0 Å². The number of tetrazole rings is 1. The zero-order chi connectivity index (χ0) is 13.1. The van der Waals surface area contributed by atoms with Crippen LogP contribution in [0.25, 0.3) is 11.4 Å². The summed E-state index contributed by atoms with van der Waals surface area (Å²) in [7, 11) is 0. The van der Waals surface area contributed by atoms with Gasteiger partial charge in [-0.2, -0.15) is 5.21 Å². The van der Waals surface area contributed by atoms with E-state index in [-0.39, 0.29) is 0 Å². The minimum Gasteiger partial charge on any atom is -0.382 e. The molecule has 1 aromatic carbocycles. The summed E-state index contributed by atoms with van der Waals surface area (Å²) in [6.07, 6.45) is 5.19. The largest absolute Gasteiger partial charge is 0.382 e. The van der Waals surface area contributed by atoms with Gasteiger partial charge in [0.05, 0.1) is 0 Å². The van der Waals surface area contributed by atoms with Crippen LogP contribution in [0.4, 0.5) is 5.69 Å². The summed E-state index contributed by atoms with van der Waals surface area (Å²) >= 11 is 0. The lowest BCUT2D eigenvalue weighted by Crippen LogP contribution is -2.15. The average Bonchev–Trinajstić information content (AvgIpc) is 3.10. The number of hydrogen-bond donors (Lipinski definition) is 2. The lowest BCUT2D eigenvalue weighted by Gasteiger charge is -2.14. The molecular formula is C14H19N5. The molecule has 0 amide bonds. The van der Waals surface area contributed by atoms with Crippen LogP contribution in [0, 0.1) is 5.92 Å². The zero-order valence-electron chi connectivity index (χ0n) is 11.1. The van der Waals surface area contributed by atoms with Crippen molar-refractivity contribution in [2.45, 2.75) is 38.6 Å². The lowest BCUT2D eigenvalue weighted by molar-refractivity contribution is 0.525. The highest BCUT2D eigenvalue weighted by Crippen LogP contribution is 2.30. The van der Waals surface area contributed by atoms with Gasteiger partial charge in [-0.1, -0.05) is 25.5 Å². The number of nitrogens with zero attached hydrogens (tertiary/aromatic N) is 3. The highest BCUT2D eigenvalue weighted by molar-refractivity contribution is 5.61. The third kappa shape index (κ3) is 2.75. The van der Waals surface area contributed by atoms with Crippen molar-refractivity contribution in [2.75, 3.05) is 5.32 Å². The van der Waals surface area contributed by atoms with Gasteiger partial charge in [0.15, 0.2) is 0 Å². The summed E-state index contributed by atoms with van der Waals surface area (Å²) in [5, 5.41) is 17.7. The van der Waals surface area contributed by atoms with Crippen molar-refractivity contribution in [2.24, 2.45) is 5.92 Å². The van der Waals surface area contributed by atoms with Gasteiger partial charge in [0.2, 0.25) is 5.82 Å². The fourth-order valence-corrected chi connectivity index (χ4v) is 2.84. The Kier molecular flexibility index (Phi) is 3.44. The first-order valence-corrected chi connectivity index (χ1v) is 6.95. The van der Waals surface area contributed by atoms with E-state index in [2.05, 4.69) is 45.0 Å². The summed E-state index contributed by atoms with van der Waals surface area (Å²) in [6, 6.07) is 8.82. The van der Waals surface area contributed by atoms with Crippen LogP contribution >= 0.6 is 0 Å². The van der Waals surface area contributed by atoms with Gasteiger partial charge >= 0.3 is 0 Å². The molecule has 1 aliphatic carbocycles. The van der Waals surface area contributed by atoms with E-state index in [0.29, 0.717) is 11.9 Å². The van der Waals surface area contributed by atoms with E-state index < -0.39 is 0 Å². The van der Waals surface area contributed by atoms with E-state index >= 15 is 0 Å². The maximum Gasteiger partial charge on any atom is 0.204 e. The Morgan fingerprint density at radius 3 is 3.05 bits per heavy atom. The van der Waals surface area contributed by atoms with E-state index in [1.807, 2.05) is 12.1 Å². The average molecular weight is 257 g/mol. The topological polar surface area (TPSA) is 66.5 Å². The molecule has 0 bridgehead atoms. The molecule has 1 aromatic heterocycles. The third-order valence-corrected chi connectivity index (χ3v) is 3.96. The Hall–Kier alpha value is -1.91. The van der Waals surface area contributed by atoms with Gasteiger partial charge in [0.1, 0.15) is 0 Å². The second kappa shape index (κ2) is 5.38. The normalized spacial score (nSPS) is 22.6. The lowest BCUT2D eigenvalue weighted by atomic mass is 10.1. The summed E-state index contributed by atoms with van der Waals surface area (Å²) in [6.45, 7) is 2.28. The Morgan fingerprint density at radius 2 is 2.32 bits per heavy atom. The first kappa shape index (κ1) is 12.1. The monoisotopic (exact) mass is 257 g/mol. The minimum atomic E-state index is 0.602. The van der Waals surface area contributed by atoms with Gasteiger partial charge in [0.25, 0.3) is 0 Å². The maximum atomic E-state index is 4.01. The molecule has 3 rings (SSSR count). The van der Waals surface area contributed by atoms with E-state index in [4.69, 9.17) is 0 Å². The number of anilines is 1. The number of aromatic amines is 1. The van der Waals surface area contributed by atoms with Crippen molar-refractivity contribution in [3.63, 3.8) is 0 Å². The molecule has 1 fully saturated rings. The molecule has 2 N–H and O–H groups in total. The van der Waals surface area contributed by atoms with Crippen LogP contribution in [0.1, 0.15) is 32.6 Å². The Bertz CT molecular complexity index is 522. The van der Waals surface area contributed by atoms with Gasteiger partial charge in [-0.15, -0.1) is 10.2 Å². The molecule has 1 aliphatic rings. The zero-order valence-corrected chi connectivity index (χ0v) is 11.1. The Labute approximate surface area is 112 Å². The molecule has 0 spiro atoms. The van der Waals surface area contributed by atoms with E-state index in [0.717, 1.165) is 17.2 Å². The van der Waals surface area contributed by atoms with E-state index in [1.165, 1.54) is 25.7 Å². The number of rotatable bonds is 4. The third-order valence-electron chi connectivity index (χ3n) is 3.96. The van der Waals surface area contributed by atoms with Gasteiger partial charge in [-0.3, -0.25) is 0 Å². The Morgan fingerprint density at radius 1 is 1.37 bits per heavy atom. The quantitative estimate of drug-likeness (QED) is 0.883. The Balaban J connectivity index is 1.70. The molecule has 1 saturated carbocycles. The number of hydrogen-bond acceptors (Lipinski definition) is 4.